The third-order valence-corrected chi connectivity index (χ3v) is 4.56. The Labute approximate surface area is 113 Å². The molecule has 1 unspecified atom stereocenters. The maximum absolute atomic E-state index is 14.0. The van der Waals surface area contributed by atoms with Gasteiger partial charge in [0.1, 0.15) is 6.10 Å². The Morgan fingerprint density at radius 2 is 1.79 bits per heavy atom. The standard InChI is InChI=1S/C16H20F2O/c1-10-9-12-7-8-13(11-5-3-2-4-6-11)19-16(12)15(18)14(10)17/h9,11,13H,2-8H2,1H3. The van der Waals surface area contributed by atoms with Crippen molar-refractivity contribution in [3.05, 3.63) is 28.8 Å². The molecule has 1 saturated carbocycles. The van der Waals surface area contributed by atoms with Gasteiger partial charge in [-0.1, -0.05) is 19.3 Å². The first-order chi connectivity index (χ1) is 9.16. The normalized spacial score (nSPS) is 23.8. The van der Waals surface area contributed by atoms with Crippen molar-refractivity contribution in [1.82, 2.24) is 0 Å². The molecule has 1 aliphatic carbocycles. The largest absolute Gasteiger partial charge is 0.487 e. The number of benzene rings is 1. The lowest BCUT2D eigenvalue weighted by atomic mass is 9.82. The van der Waals surface area contributed by atoms with Gasteiger partial charge in [0.2, 0.25) is 5.82 Å². The Balaban J connectivity index is 1.84. The fourth-order valence-corrected chi connectivity index (χ4v) is 3.46. The molecule has 0 bridgehead atoms. The van der Waals surface area contributed by atoms with E-state index in [1.165, 1.54) is 19.3 Å². The molecule has 0 saturated heterocycles. The van der Waals surface area contributed by atoms with Crippen LogP contribution in [0.25, 0.3) is 0 Å². The fourth-order valence-electron chi connectivity index (χ4n) is 3.46. The Bertz CT molecular complexity index is 478. The number of aryl methyl sites for hydroxylation is 2. The predicted molar refractivity (Wildman–Crippen MR) is 70.4 cm³/mol. The topological polar surface area (TPSA) is 9.23 Å². The van der Waals surface area contributed by atoms with Gasteiger partial charge in [0.15, 0.2) is 11.6 Å². The first-order valence-corrected chi connectivity index (χ1v) is 7.31. The van der Waals surface area contributed by atoms with Gasteiger partial charge >= 0.3 is 0 Å². The van der Waals surface area contributed by atoms with E-state index in [1.807, 2.05) is 0 Å². The highest BCUT2D eigenvalue weighted by Crippen LogP contribution is 2.38. The summed E-state index contributed by atoms with van der Waals surface area (Å²) in [5.74, 6) is -0.867. The van der Waals surface area contributed by atoms with Crippen molar-refractivity contribution >= 4 is 0 Å². The number of hydrogen-bond donors (Lipinski definition) is 0. The maximum atomic E-state index is 14.0. The van der Waals surface area contributed by atoms with Gasteiger partial charge in [-0.15, -0.1) is 0 Å². The number of fused-ring (bicyclic) bond motifs is 1. The van der Waals surface area contributed by atoms with E-state index in [0.29, 0.717) is 11.5 Å². The zero-order valence-corrected chi connectivity index (χ0v) is 11.3. The zero-order chi connectivity index (χ0) is 13.4. The predicted octanol–water partition coefficient (Wildman–Crippen LogP) is 4.55. The minimum Gasteiger partial charge on any atom is -0.487 e. The monoisotopic (exact) mass is 266 g/mol. The van der Waals surface area contributed by atoms with Gasteiger partial charge in [0.25, 0.3) is 0 Å². The van der Waals surface area contributed by atoms with Crippen molar-refractivity contribution in [2.75, 3.05) is 0 Å². The molecule has 1 nitrogen and oxygen atoms in total. The lowest BCUT2D eigenvalue weighted by Crippen LogP contribution is -2.33. The van der Waals surface area contributed by atoms with E-state index in [9.17, 15) is 8.78 Å². The first-order valence-electron chi connectivity index (χ1n) is 7.31. The second-order valence-electron chi connectivity index (χ2n) is 5.90. The van der Waals surface area contributed by atoms with Gasteiger partial charge in [-0.3, -0.25) is 0 Å². The third-order valence-electron chi connectivity index (χ3n) is 4.56. The first kappa shape index (κ1) is 12.9. The molecule has 0 aromatic heterocycles. The van der Waals surface area contributed by atoms with E-state index < -0.39 is 11.6 Å². The highest BCUT2D eigenvalue weighted by molar-refractivity contribution is 5.41. The van der Waals surface area contributed by atoms with E-state index in [-0.39, 0.29) is 11.9 Å². The van der Waals surface area contributed by atoms with E-state index in [1.54, 1.807) is 13.0 Å². The molecule has 1 heterocycles. The molecule has 104 valence electrons. The van der Waals surface area contributed by atoms with E-state index in [0.717, 1.165) is 31.2 Å². The molecule has 1 aliphatic heterocycles. The minimum atomic E-state index is -0.796. The molecule has 1 aromatic carbocycles. The Hall–Kier alpha value is -1.12. The smallest absolute Gasteiger partial charge is 0.201 e. The summed E-state index contributed by atoms with van der Waals surface area (Å²) in [6.07, 6.45) is 7.90. The van der Waals surface area contributed by atoms with Gasteiger partial charge in [0, 0.05) is 0 Å². The van der Waals surface area contributed by atoms with Crippen molar-refractivity contribution in [1.29, 1.82) is 0 Å². The lowest BCUT2D eigenvalue weighted by molar-refractivity contribution is 0.0823. The molecule has 3 rings (SSSR count). The van der Waals surface area contributed by atoms with Crippen molar-refractivity contribution in [2.45, 2.75) is 58.0 Å². The third kappa shape index (κ3) is 2.35. The molecular weight excluding hydrogens is 246 g/mol. The van der Waals surface area contributed by atoms with E-state index in [2.05, 4.69) is 0 Å². The molecule has 1 aromatic rings. The quantitative estimate of drug-likeness (QED) is 0.724. The van der Waals surface area contributed by atoms with Crippen LogP contribution in [-0.4, -0.2) is 6.10 Å². The number of halogens is 2. The van der Waals surface area contributed by atoms with Gasteiger partial charge in [0.05, 0.1) is 0 Å². The summed E-state index contributed by atoms with van der Waals surface area (Å²) >= 11 is 0. The molecule has 3 heteroatoms. The summed E-state index contributed by atoms with van der Waals surface area (Å²) in [6, 6.07) is 1.73. The molecule has 1 fully saturated rings. The molecule has 2 aliphatic rings. The van der Waals surface area contributed by atoms with Crippen LogP contribution >= 0.6 is 0 Å². The molecule has 19 heavy (non-hydrogen) atoms. The highest BCUT2D eigenvalue weighted by Gasteiger charge is 2.31. The van der Waals surface area contributed by atoms with Crippen molar-refractivity contribution < 1.29 is 13.5 Å². The van der Waals surface area contributed by atoms with Crippen molar-refractivity contribution in [3.8, 4) is 5.75 Å². The van der Waals surface area contributed by atoms with Crippen LogP contribution in [0.3, 0.4) is 0 Å². The summed E-state index contributed by atoms with van der Waals surface area (Å²) in [5.41, 5.74) is 1.19. The van der Waals surface area contributed by atoms with Gasteiger partial charge in [-0.25, -0.2) is 4.39 Å². The maximum Gasteiger partial charge on any atom is 0.201 e. The average molecular weight is 266 g/mol. The lowest BCUT2D eigenvalue weighted by Gasteiger charge is -2.34. The van der Waals surface area contributed by atoms with Crippen LogP contribution in [0.15, 0.2) is 6.07 Å². The van der Waals surface area contributed by atoms with Crippen LogP contribution in [0.5, 0.6) is 5.75 Å². The number of ether oxygens (including phenoxy) is 1. The molecule has 0 amide bonds. The molecule has 0 spiro atoms. The van der Waals surface area contributed by atoms with E-state index in [4.69, 9.17) is 4.74 Å². The van der Waals surface area contributed by atoms with Crippen LogP contribution in [0.1, 0.15) is 49.7 Å². The van der Waals surface area contributed by atoms with Crippen LogP contribution in [-0.2, 0) is 6.42 Å². The van der Waals surface area contributed by atoms with Crippen LogP contribution in [0.4, 0.5) is 8.78 Å². The SMILES string of the molecule is Cc1cc2c(c(F)c1F)OC(C1CCCCC1)CC2. The van der Waals surface area contributed by atoms with Crippen LogP contribution < -0.4 is 4.74 Å². The average Bonchev–Trinajstić information content (AvgIpc) is 2.46. The van der Waals surface area contributed by atoms with Gasteiger partial charge < -0.3 is 4.74 Å². The highest BCUT2D eigenvalue weighted by atomic mass is 19.2. The van der Waals surface area contributed by atoms with Crippen molar-refractivity contribution in [2.24, 2.45) is 5.92 Å². The summed E-state index contributed by atoms with van der Waals surface area (Å²) in [5, 5.41) is 0. The zero-order valence-electron chi connectivity index (χ0n) is 11.3. The molecule has 0 N–H and O–H groups in total. The van der Waals surface area contributed by atoms with E-state index >= 15 is 0 Å². The summed E-state index contributed by atoms with van der Waals surface area (Å²) in [6.45, 7) is 1.60. The number of rotatable bonds is 1. The second kappa shape index (κ2) is 5.10. The molecule has 0 radical (unpaired) electrons. The Morgan fingerprint density at radius 1 is 1.05 bits per heavy atom. The minimum absolute atomic E-state index is 0.0735. The summed E-state index contributed by atoms with van der Waals surface area (Å²) < 4.78 is 33.4. The van der Waals surface area contributed by atoms with Gasteiger partial charge in [-0.05, 0) is 55.7 Å². The van der Waals surface area contributed by atoms with Crippen molar-refractivity contribution in [3.63, 3.8) is 0 Å². The Kier molecular flexibility index (Phi) is 3.46. The molecular formula is C16H20F2O. The second-order valence-corrected chi connectivity index (χ2v) is 5.90. The summed E-state index contributed by atoms with van der Waals surface area (Å²) in [4.78, 5) is 0. The fraction of sp³-hybridized carbons (Fsp3) is 0.625. The van der Waals surface area contributed by atoms with Crippen LogP contribution in [0, 0.1) is 24.5 Å². The summed E-state index contributed by atoms with van der Waals surface area (Å²) in [7, 11) is 0. The Morgan fingerprint density at radius 3 is 2.53 bits per heavy atom. The van der Waals surface area contributed by atoms with Gasteiger partial charge in [-0.2, -0.15) is 4.39 Å². The number of hydrogen-bond acceptors (Lipinski definition) is 1. The van der Waals surface area contributed by atoms with Crippen LogP contribution in [0.2, 0.25) is 0 Å². The molecule has 1 atom stereocenters.